The van der Waals surface area contributed by atoms with Crippen LogP contribution in [0.1, 0.15) is 0 Å². The Labute approximate surface area is 49.2 Å². The third-order valence-electron chi connectivity index (χ3n) is 1.25. The van der Waals surface area contributed by atoms with Crippen LogP contribution in [-0.4, -0.2) is 37.4 Å². The molecule has 0 fully saturated rings. The van der Waals surface area contributed by atoms with Crippen molar-refractivity contribution >= 4 is 6.34 Å². The largest absolute Gasteiger partial charge is 0.364 e. The number of nitrogens with two attached hydrogens (primary N) is 1. The van der Waals surface area contributed by atoms with Crippen molar-refractivity contribution in [2.75, 3.05) is 20.1 Å². The van der Waals surface area contributed by atoms with E-state index in [1.807, 2.05) is 18.3 Å². The Kier molecular flexibility index (Phi) is 1.48. The van der Waals surface area contributed by atoms with Gasteiger partial charge in [0.15, 0.2) is 0 Å². The summed E-state index contributed by atoms with van der Waals surface area (Å²) in [6.45, 7) is 1.65. The number of nitrogens with zero attached hydrogens (tertiary/aromatic N) is 2. The zero-order valence-electron chi connectivity index (χ0n) is 5.04. The summed E-state index contributed by atoms with van der Waals surface area (Å²) in [4.78, 5) is 6.15. The summed E-state index contributed by atoms with van der Waals surface area (Å²) >= 11 is 0. The number of rotatable bonds is 1. The maximum absolute atomic E-state index is 5.36. The third-order valence-corrected chi connectivity index (χ3v) is 1.25. The van der Waals surface area contributed by atoms with Gasteiger partial charge in [0.1, 0.15) is 0 Å². The highest BCUT2D eigenvalue weighted by Crippen LogP contribution is 1.97. The zero-order valence-corrected chi connectivity index (χ0v) is 5.04. The second kappa shape index (κ2) is 2.13. The van der Waals surface area contributed by atoms with Crippen LogP contribution in [0.25, 0.3) is 0 Å². The number of likely N-dealkylation sites (N-methyl/N-ethyl adjacent to an activating group) is 1. The molecule has 0 aromatic heterocycles. The minimum atomic E-state index is 0.347. The van der Waals surface area contributed by atoms with Gasteiger partial charge < -0.3 is 10.6 Å². The Hall–Kier alpha value is -0.570. The van der Waals surface area contributed by atoms with Gasteiger partial charge in [-0.05, 0) is 0 Å². The van der Waals surface area contributed by atoms with E-state index in [-0.39, 0.29) is 0 Å². The van der Waals surface area contributed by atoms with Gasteiger partial charge in [0.05, 0.1) is 12.4 Å². The van der Waals surface area contributed by atoms with Crippen molar-refractivity contribution in [2.24, 2.45) is 10.7 Å². The molecule has 1 unspecified atom stereocenters. The van der Waals surface area contributed by atoms with Crippen molar-refractivity contribution in [2.45, 2.75) is 6.04 Å². The molecular weight excluding hydrogens is 102 g/mol. The first kappa shape index (κ1) is 5.56. The van der Waals surface area contributed by atoms with E-state index in [1.54, 1.807) is 0 Å². The number of hydrogen-bond acceptors (Lipinski definition) is 3. The Morgan fingerprint density at radius 2 is 2.75 bits per heavy atom. The molecule has 0 saturated carbocycles. The first-order valence-corrected chi connectivity index (χ1v) is 2.76. The fourth-order valence-corrected chi connectivity index (χ4v) is 0.770. The second-order valence-corrected chi connectivity index (χ2v) is 2.09. The van der Waals surface area contributed by atoms with Crippen molar-refractivity contribution in [3.8, 4) is 0 Å². The third kappa shape index (κ3) is 0.980. The van der Waals surface area contributed by atoms with E-state index in [0.717, 1.165) is 6.54 Å². The van der Waals surface area contributed by atoms with Crippen LogP contribution >= 0.6 is 0 Å². The van der Waals surface area contributed by atoms with Gasteiger partial charge in [-0.1, -0.05) is 0 Å². The molecule has 1 atom stereocenters. The Morgan fingerprint density at radius 3 is 3.00 bits per heavy atom. The van der Waals surface area contributed by atoms with Crippen LogP contribution in [0.15, 0.2) is 4.99 Å². The summed E-state index contributed by atoms with van der Waals surface area (Å²) < 4.78 is 0. The van der Waals surface area contributed by atoms with Crippen molar-refractivity contribution < 1.29 is 0 Å². The van der Waals surface area contributed by atoms with E-state index in [9.17, 15) is 0 Å². The van der Waals surface area contributed by atoms with Gasteiger partial charge in [0, 0.05) is 20.1 Å². The molecule has 0 amide bonds. The van der Waals surface area contributed by atoms with E-state index >= 15 is 0 Å². The molecule has 8 heavy (non-hydrogen) atoms. The smallest absolute Gasteiger partial charge is 0.0852 e. The van der Waals surface area contributed by atoms with Gasteiger partial charge in [0.2, 0.25) is 0 Å². The molecule has 2 N–H and O–H groups in total. The standard InChI is InChI=1S/C5H11N3/c1-8-3-5(2-6)7-4-8/h4-5H,2-3,6H2,1H3. The Bertz CT molecular complexity index is 99.8. The lowest BCUT2D eigenvalue weighted by molar-refractivity contribution is 0.509. The lowest BCUT2D eigenvalue weighted by Crippen LogP contribution is -2.24. The predicted molar refractivity (Wildman–Crippen MR) is 34.0 cm³/mol. The highest BCUT2D eigenvalue weighted by atomic mass is 15.2. The topological polar surface area (TPSA) is 41.6 Å². The van der Waals surface area contributed by atoms with Gasteiger partial charge in [-0.2, -0.15) is 0 Å². The predicted octanol–water partition coefficient (Wildman–Crippen LogP) is -0.713. The van der Waals surface area contributed by atoms with E-state index in [2.05, 4.69) is 4.99 Å². The van der Waals surface area contributed by atoms with Gasteiger partial charge in [-0.3, -0.25) is 4.99 Å². The molecule has 0 aromatic rings. The number of aliphatic imine (C=N–C) groups is 1. The number of hydrogen-bond donors (Lipinski definition) is 1. The first-order valence-electron chi connectivity index (χ1n) is 2.76. The quantitative estimate of drug-likeness (QED) is 0.488. The molecule has 3 heteroatoms. The molecule has 1 aliphatic heterocycles. The summed E-state index contributed by atoms with van der Waals surface area (Å²) in [7, 11) is 2.00. The average molecular weight is 113 g/mol. The van der Waals surface area contributed by atoms with E-state index in [0.29, 0.717) is 12.6 Å². The lowest BCUT2D eigenvalue weighted by atomic mass is 10.3. The monoisotopic (exact) mass is 113 g/mol. The molecule has 0 aliphatic carbocycles. The summed E-state index contributed by atoms with van der Waals surface area (Å²) in [6.07, 6.45) is 1.83. The highest BCUT2D eigenvalue weighted by molar-refractivity contribution is 5.57. The fraction of sp³-hybridized carbons (Fsp3) is 0.800. The summed E-state index contributed by atoms with van der Waals surface area (Å²) in [5, 5.41) is 0. The van der Waals surface area contributed by atoms with Gasteiger partial charge in [0.25, 0.3) is 0 Å². The summed E-state index contributed by atoms with van der Waals surface area (Å²) in [5.41, 5.74) is 5.36. The van der Waals surface area contributed by atoms with E-state index in [1.165, 1.54) is 0 Å². The van der Waals surface area contributed by atoms with Crippen molar-refractivity contribution in [3.05, 3.63) is 0 Å². The average Bonchev–Trinajstić information content (AvgIpc) is 2.14. The normalized spacial score (nSPS) is 27.2. The van der Waals surface area contributed by atoms with Crippen LogP contribution < -0.4 is 5.73 Å². The van der Waals surface area contributed by atoms with Crippen LogP contribution in [0.4, 0.5) is 0 Å². The van der Waals surface area contributed by atoms with Crippen LogP contribution in [0.2, 0.25) is 0 Å². The Morgan fingerprint density at radius 1 is 2.00 bits per heavy atom. The van der Waals surface area contributed by atoms with Crippen molar-refractivity contribution in [3.63, 3.8) is 0 Å². The van der Waals surface area contributed by atoms with Crippen LogP contribution in [-0.2, 0) is 0 Å². The Balaban J connectivity index is 2.34. The molecule has 46 valence electrons. The molecular formula is C5H11N3. The molecule has 1 heterocycles. The maximum atomic E-state index is 5.36. The fourth-order valence-electron chi connectivity index (χ4n) is 0.770. The van der Waals surface area contributed by atoms with Gasteiger partial charge in [-0.25, -0.2) is 0 Å². The molecule has 1 aliphatic rings. The lowest BCUT2D eigenvalue weighted by Gasteiger charge is -2.06. The van der Waals surface area contributed by atoms with E-state index in [4.69, 9.17) is 5.73 Å². The molecule has 3 nitrogen and oxygen atoms in total. The minimum Gasteiger partial charge on any atom is -0.364 e. The first-order chi connectivity index (χ1) is 3.83. The SMILES string of the molecule is CN1C=NC(CN)C1. The van der Waals surface area contributed by atoms with Crippen molar-refractivity contribution in [1.29, 1.82) is 0 Å². The van der Waals surface area contributed by atoms with Crippen molar-refractivity contribution in [1.82, 2.24) is 4.90 Å². The minimum absolute atomic E-state index is 0.347. The van der Waals surface area contributed by atoms with E-state index < -0.39 is 0 Å². The molecule has 0 aromatic carbocycles. The van der Waals surface area contributed by atoms with Crippen LogP contribution in [0.5, 0.6) is 0 Å². The molecule has 0 spiro atoms. The summed E-state index contributed by atoms with van der Waals surface area (Å²) in [5.74, 6) is 0. The van der Waals surface area contributed by atoms with Crippen LogP contribution in [0, 0.1) is 0 Å². The molecule has 0 radical (unpaired) electrons. The zero-order chi connectivity index (χ0) is 5.98. The summed E-state index contributed by atoms with van der Waals surface area (Å²) in [6, 6.07) is 0.347. The van der Waals surface area contributed by atoms with Crippen LogP contribution in [0.3, 0.4) is 0 Å². The molecule has 1 rings (SSSR count). The highest BCUT2D eigenvalue weighted by Gasteiger charge is 2.10. The van der Waals surface area contributed by atoms with Gasteiger partial charge >= 0.3 is 0 Å². The second-order valence-electron chi connectivity index (χ2n) is 2.09. The molecule has 0 saturated heterocycles. The van der Waals surface area contributed by atoms with Gasteiger partial charge in [-0.15, -0.1) is 0 Å². The maximum Gasteiger partial charge on any atom is 0.0852 e. The molecule has 0 bridgehead atoms.